The number of benzene rings is 2. The molecule has 0 spiro atoms. The fourth-order valence-electron chi connectivity index (χ4n) is 2.04. The molecule has 0 bridgehead atoms. The molecule has 0 saturated carbocycles. The van der Waals surface area contributed by atoms with Gasteiger partial charge in [0, 0.05) is 11.4 Å². The monoisotopic (exact) mass is 430 g/mol. The summed E-state index contributed by atoms with van der Waals surface area (Å²) in [5.41, 5.74) is 0.754. The van der Waals surface area contributed by atoms with Gasteiger partial charge in [-0.2, -0.15) is 8.78 Å². The van der Waals surface area contributed by atoms with Crippen LogP contribution in [0.3, 0.4) is 0 Å². The largest absolute Gasteiger partial charge is 0.452 e. The van der Waals surface area contributed by atoms with Crippen molar-refractivity contribution in [3.63, 3.8) is 0 Å². The van der Waals surface area contributed by atoms with Gasteiger partial charge in [-0.1, -0.05) is 23.9 Å². The molecule has 3 N–H and O–H groups in total. The van der Waals surface area contributed by atoms with Gasteiger partial charge in [-0.05, 0) is 42.0 Å². The average Bonchev–Trinajstić information content (AvgIpc) is 2.64. The molecular formula is C17H16F2N2O5S2. The average molecular weight is 430 g/mol. The van der Waals surface area contributed by atoms with Crippen LogP contribution >= 0.6 is 11.8 Å². The summed E-state index contributed by atoms with van der Waals surface area (Å²) in [4.78, 5) is 23.9. The first kappa shape index (κ1) is 21.8. The van der Waals surface area contributed by atoms with Crippen LogP contribution in [-0.4, -0.2) is 32.7 Å². The van der Waals surface area contributed by atoms with Crippen LogP contribution in [0.1, 0.15) is 15.9 Å². The van der Waals surface area contributed by atoms with Crippen molar-refractivity contribution in [2.45, 2.75) is 22.1 Å². The number of hydrogen-bond acceptors (Lipinski definition) is 6. The van der Waals surface area contributed by atoms with E-state index in [9.17, 15) is 26.8 Å². The number of carbonyl (C=O) groups excluding carboxylic acids is 2. The van der Waals surface area contributed by atoms with Crippen LogP contribution in [0.5, 0.6) is 0 Å². The summed E-state index contributed by atoms with van der Waals surface area (Å²) in [5, 5.41) is 7.50. The van der Waals surface area contributed by atoms with Gasteiger partial charge in [0.25, 0.3) is 11.7 Å². The van der Waals surface area contributed by atoms with Gasteiger partial charge in [-0.15, -0.1) is 0 Å². The highest BCUT2D eigenvalue weighted by Crippen LogP contribution is 2.25. The van der Waals surface area contributed by atoms with Gasteiger partial charge in [0.2, 0.25) is 10.0 Å². The number of nitrogens with one attached hydrogen (secondary N) is 1. The summed E-state index contributed by atoms with van der Waals surface area (Å²) >= 11 is 0.354. The standard InChI is InChI=1S/C17H16F2N2O5S2/c18-17(19)27-13-5-3-12(4-6-13)16(23)26-10-15(22)21-9-11-1-7-14(8-2-11)28(20,24)25/h1-8,17H,9-10H2,(H,21,22)(H2,20,24,25). The maximum atomic E-state index is 12.3. The quantitative estimate of drug-likeness (QED) is 0.490. The molecule has 0 unspecified atom stereocenters. The normalized spacial score (nSPS) is 11.3. The third-order valence-electron chi connectivity index (χ3n) is 3.39. The van der Waals surface area contributed by atoms with Gasteiger partial charge in [-0.25, -0.2) is 18.4 Å². The molecule has 2 rings (SSSR count). The molecule has 0 saturated heterocycles. The highest BCUT2D eigenvalue weighted by molar-refractivity contribution is 7.99. The number of primary sulfonamides is 1. The van der Waals surface area contributed by atoms with Crippen molar-refractivity contribution in [3.8, 4) is 0 Å². The van der Waals surface area contributed by atoms with Gasteiger partial charge in [0.1, 0.15) is 0 Å². The molecule has 0 radical (unpaired) electrons. The third kappa shape index (κ3) is 6.91. The molecule has 150 valence electrons. The van der Waals surface area contributed by atoms with Crippen molar-refractivity contribution < 1.29 is 31.5 Å². The Morgan fingerprint density at radius 2 is 1.68 bits per heavy atom. The number of hydrogen-bond donors (Lipinski definition) is 2. The lowest BCUT2D eigenvalue weighted by atomic mass is 10.2. The molecule has 0 aromatic heterocycles. The summed E-state index contributed by atoms with van der Waals surface area (Å²) in [5.74, 6) is -3.88. The van der Waals surface area contributed by atoms with Gasteiger partial charge in [-0.3, -0.25) is 4.79 Å². The Balaban J connectivity index is 1.79. The van der Waals surface area contributed by atoms with E-state index in [1.807, 2.05) is 0 Å². The van der Waals surface area contributed by atoms with Gasteiger partial charge in [0.15, 0.2) is 6.61 Å². The van der Waals surface area contributed by atoms with Crippen molar-refractivity contribution in [3.05, 3.63) is 59.7 Å². The lowest BCUT2D eigenvalue weighted by Gasteiger charge is -2.08. The number of rotatable bonds is 8. The van der Waals surface area contributed by atoms with E-state index in [1.54, 1.807) is 0 Å². The third-order valence-corrected chi connectivity index (χ3v) is 5.04. The van der Waals surface area contributed by atoms with E-state index in [1.165, 1.54) is 48.5 Å². The zero-order valence-corrected chi connectivity index (χ0v) is 15.9. The molecule has 7 nitrogen and oxygen atoms in total. The number of amides is 1. The Bertz CT molecular complexity index is 933. The Labute approximate surface area is 164 Å². The smallest absolute Gasteiger partial charge is 0.338 e. The summed E-state index contributed by atoms with van der Waals surface area (Å²) in [6, 6.07) is 11.0. The molecule has 1 amide bonds. The van der Waals surface area contributed by atoms with Crippen molar-refractivity contribution in [2.24, 2.45) is 5.14 Å². The van der Waals surface area contributed by atoms with E-state index >= 15 is 0 Å². The summed E-state index contributed by atoms with van der Waals surface area (Å²) in [6.07, 6.45) is 0. The highest BCUT2D eigenvalue weighted by Gasteiger charge is 2.12. The number of carbonyl (C=O) groups is 2. The zero-order valence-electron chi connectivity index (χ0n) is 14.3. The van der Waals surface area contributed by atoms with E-state index in [4.69, 9.17) is 9.88 Å². The molecule has 11 heteroatoms. The molecule has 0 aliphatic carbocycles. The molecule has 2 aromatic carbocycles. The number of sulfonamides is 1. The first-order chi connectivity index (χ1) is 13.1. The minimum atomic E-state index is -3.79. The fourth-order valence-corrected chi connectivity index (χ4v) is 3.05. The number of alkyl halides is 2. The van der Waals surface area contributed by atoms with E-state index < -0.39 is 34.3 Å². The first-order valence-electron chi connectivity index (χ1n) is 7.75. The minimum absolute atomic E-state index is 0.0468. The number of halogens is 2. The summed E-state index contributed by atoms with van der Waals surface area (Å²) < 4.78 is 51.7. The maximum absolute atomic E-state index is 12.3. The van der Waals surface area contributed by atoms with Crippen LogP contribution < -0.4 is 10.5 Å². The molecule has 0 heterocycles. The number of ether oxygens (including phenoxy) is 1. The van der Waals surface area contributed by atoms with Crippen LogP contribution in [0, 0.1) is 0 Å². The second-order valence-electron chi connectivity index (χ2n) is 5.44. The van der Waals surface area contributed by atoms with Crippen LogP contribution in [-0.2, 0) is 26.1 Å². The Hall–Kier alpha value is -2.50. The van der Waals surface area contributed by atoms with E-state index in [-0.39, 0.29) is 17.0 Å². The number of nitrogens with two attached hydrogens (primary N) is 1. The molecule has 2 aromatic rings. The fraction of sp³-hybridized carbons (Fsp3) is 0.176. The molecule has 0 aliphatic heterocycles. The SMILES string of the molecule is NS(=O)(=O)c1ccc(CNC(=O)COC(=O)c2ccc(SC(F)F)cc2)cc1. The second kappa shape index (κ2) is 9.62. The predicted molar refractivity (Wildman–Crippen MR) is 98.2 cm³/mol. The highest BCUT2D eigenvalue weighted by atomic mass is 32.2. The van der Waals surface area contributed by atoms with Crippen LogP contribution in [0.25, 0.3) is 0 Å². The van der Waals surface area contributed by atoms with Crippen molar-refractivity contribution in [1.82, 2.24) is 5.32 Å². The summed E-state index contributed by atoms with van der Waals surface area (Å²) in [6.45, 7) is -0.428. The predicted octanol–water partition coefficient (Wildman–Crippen LogP) is 2.12. The van der Waals surface area contributed by atoms with Gasteiger partial charge < -0.3 is 10.1 Å². The number of esters is 1. The van der Waals surface area contributed by atoms with Gasteiger partial charge >= 0.3 is 5.97 Å². The second-order valence-corrected chi connectivity index (χ2v) is 8.07. The van der Waals surface area contributed by atoms with Crippen LogP contribution in [0.15, 0.2) is 58.3 Å². The van der Waals surface area contributed by atoms with E-state index in [0.717, 1.165) is 0 Å². The minimum Gasteiger partial charge on any atom is -0.452 e. The Morgan fingerprint density at radius 3 is 2.21 bits per heavy atom. The molecule has 0 aliphatic rings. The lowest BCUT2D eigenvalue weighted by molar-refractivity contribution is -0.124. The zero-order chi connectivity index (χ0) is 20.7. The van der Waals surface area contributed by atoms with E-state index in [2.05, 4.69) is 5.32 Å². The molecule has 28 heavy (non-hydrogen) atoms. The molecular weight excluding hydrogens is 414 g/mol. The van der Waals surface area contributed by atoms with Crippen molar-refractivity contribution in [1.29, 1.82) is 0 Å². The van der Waals surface area contributed by atoms with Crippen molar-refractivity contribution >= 4 is 33.7 Å². The van der Waals surface area contributed by atoms with Crippen molar-refractivity contribution in [2.75, 3.05) is 6.61 Å². The summed E-state index contributed by atoms with van der Waals surface area (Å²) in [7, 11) is -3.79. The first-order valence-corrected chi connectivity index (χ1v) is 10.2. The Kier molecular flexibility index (Phi) is 7.49. The molecule has 0 fully saturated rings. The Morgan fingerprint density at radius 1 is 1.07 bits per heavy atom. The van der Waals surface area contributed by atoms with Crippen LogP contribution in [0.2, 0.25) is 0 Å². The number of thioether (sulfide) groups is 1. The topological polar surface area (TPSA) is 116 Å². The lowest BCUT2D eigenvalue weighted by Crippen LogP contribution is -2.28. The maximum Gasteiger partial charge on any atom is 0.338 e. The van der Waals surface area contributed by atoms with E-state index in [0.29, 0.717) is 22.2 Å². The van der Waals surface area contributed by atoms with Gasteiger partial charge in [0.05, 0.1) is 10.5 Å². The molecule has 0 atom stereocenters. The van der Waals surface area contributed by atoms with Crippen LogP contribution in [0.4, 0.5) is 8.78 Å².